The van der Waals surface area contributed by atoms with Crippen molar-refractivity contribution in [3.8, 4) is 0 Å². The van der Waals surface area contributed by atoms with Crippen molar-refractivity contribution >= 4 is 0 Å². The molecule has 112 valence electrons. The third kappa shape index (κ3) is 3.65. The number of hydrogen-bond donors (Lipinski definition) is 2. The van der Waals surface area contributed by atoms with Crippen molar-refractivity contribution in [2.24, 2.45) is 16.9 Å². The highest BCUT2D eigenvalue weighted by atomic mass is 14.7. The Morgan fingerprint density at radius 3 is 1.62 bits per heavy atom. The van der Waals surface area contributed by atoms with Crippen LogP contribution in [0.1, 0.15) is 22.5 Å². The van der Waals surface area contributed by atoms with Gasteiger partial charge in [-0.05, 0) is 63.0 Å². The predicted molar refractivity (Wildman–Crippen MR) is 85.9 cm³/mol. The van der Waals surface area contributed by atoms with Crippen molar-refractivity contribution in [1.29, 1.82) is 0 Å². The first-order chi connectivity index (χ1) is 10.1. The zero-order valence-corrected chi connectivity index (χ0v) is 12.8. The fourth-order valence-electron chi connectivity index (χ4n) is 2.55. The first-order valence-corrected chi connectivity index (χ1v) is 7.31. The molecule has 0 aliphatic rings. The molecule has 0 fully saturated rings. The van der Waals surface area contributed by atoms with Crippen LogP contribution in [0, 0.1) is 19.3 Å². The summed E-state index contributed by atoms with van der Waals surface area (Å²) in [5, 5.41) is 0. The number of aromatic nitrogens is 2. The molecule has 0 saturated carbocycles. The SMILES string of the molecule is Cc1cccnc1CC(CN)(CN)Cc1ncccc1C. The molecule has 0 aliphatic heterocycles. The molecule has 2 heterocycles. The molecule has 0 radical (unpaired) electrons. The second kappa shape index (κ2) is 6.78. The smallest absolute Gasteiger partial charge is 0.0439 e. The number of nitrogens with two attached hydrogens (primary N) is 2. The monoisotopic (exact) mass is 284 g/mol. The zero-order valence-electron chi connectivity index (χ0n) is 12.8. The Morgan fingerprint density at radius 2 is 1.29 bits per heavy atom. The number of nitrogens with zero attached hydrogens (tertiary/aromatic N) is 2. The third-order valence-corrected chi connectivity index (χ3v) is 4.19. The molecule has 2 aromatic rings. The van der Waals surface area contributed by atoms with Crippen LogP contribution in [0.25, 0.3) is 0 Å². The Kier molecular flexibility index (Phi) is 5.04. The van der Waals surface area contributed by atoms with Gasteiger partial charge >= 0.3 is 0 Å². The van der Waals surface area contributed by atoms with Crippen molar-refractivity contribution < 1.29 is 0 Å². The molecule has 2 aromatic heterocycles. The van der Waals surface area contributed by atoms with Gasteiger partial charge in [-0.1, -0.05) is 12.1 Å². The largest absolute Gasteiger partial charge is 0.330 e. The van der Waals surface area contributed by atoms with E-state index in [9.17, 15) is 0 Å². The summed E-state index contributed by atoms with van der Waals surface area (Å²) in [6.45, 7) is 5.20. The second-order valence-corrected chi connectivity index (χ2v) is 5.80. The van der Waals surface area contributed by atoms with Crippen molar-refractivity contribution in [3.63, 3.8) is 0 Å². The molecular formula is C17H24N4. The molecule has 0 unspecified atom stereocenters. The summed E-state index contributed by atoms with van der Waals surface area (Å²) in [5.41, 5.74) is 16.5. The lowest BCUT2D eigenvalue weighted by Gasteiger charge is -2.31. The van der Waals surface area contributed by atoms with Gasteiger partial charge in [0, 0.05) is 29.2 Å². The van der Waals surface area contributed by atoms with Gasteiger partial charge in [0.25, 0.3) is 0 Å². The molecule has 0 amide bonds. The predicted octanol–water partition coefficient (Wildman–Crippen LogP) is 1.78. The topological polar surface area (TPSA) is 77.8 Å². The van der Waals surface area contributed by atoms with Crippen LogP contribution < -0.4 is 11.5 Å². The van der Waals surface area contributed by atoms with Crippen LogP contribution >= 0.6 is 0 Å². The molecule has 0 aliphatic carbocycles. The Hall–Kier alpha value is -1.78. The molecule has 0 bridgehead atoms. The summed E-state index contributed by atoms with van der Waals surface area (Å²) in [6, 6.07) is 8.06. The van der Waals surface area contributed by atoms with Gasteiger partial charge < -0.3 is 11.5 Å². The molecule has 0 atom stereocenters. The van der Waals surface area contributed by atoms with Gasteiger partial charge in [0.05, 0.1) is 0 Å². The molecule has 4 N–H and O–H groups in total. The van der Waals surface area contributed by atoms with Gasteiger partial charge in [0.1, 0.15) is 0 Å². The van der Waals surface area contributed by atoms with E-state index in [-0.39, 0.29) is 5.41 Å². The molecule has 4 nitrogen and oxygen atoms in total. The van der Waals surface area contributed by atoms with Gasteiger partial charge in [0.15, 0.2) is 0 Å². The maximum absolute atomic E-state index is 6.08. The average Bonchev–Trinajstić information content (AvgIpc) is 2.51. The van der Waals surface area contributed by atoms with E-state index < -0.39 is 0 Å². The van der Waals surface area contributed by atoms with Crippen LogP contribution in [0.15, 0.2) is 36.7 Å². The van der Waals surface area contributed by atoms with Crippen molar-refractivity contribution in [2.45, 2.75) is 26.7 Å². The molecule has 21 heavy (non-hydrogen) atoms. The van der Waals surface area contributed by atoms with E-state index >= 15 is 0 Å². The zero-order chi connectivity index (χ0) is 15.3. The highest BCUT2D eigenvalue weighted by Crippen LogP contribution is 2.27. The first kappa shape index (κ1) is 15.6. The highest BCUT2D eigenvalue weighted by Gasteiger charge is 2.30. The number of aryl methyl sites for hydroxylation is 2. The van der Waals surface area contributed by atoms with Gasteiger partial charge in [-0.2, -0.15) is 0 Å². The minimum Gasteiger partial charge on any atom is -0.330 e. The maximum atomic E-state index is 6.08. The van der Waals surface area contributed by atoms with E-state index in [0.29, 0.717) is 13.1 Å². The standard InChI is InChI=1S/C17H24N4/c1-13-5-3-7-20-15(13)9-17(11-18,12-19)10-16-14(2)6-4-8-21-16/h3-8H,9-12,18-19H2,1-2H3. The maximum Gasteiger partial charge on any atom is 0.0439 e. The summed E-state index contributed by atoms with van der Waals surface area (Å²) < 4.78 is 0. The second-order valence-electron chi connectivity index (χ2n) is 5.80. The third-order valence-electron chi connectivity index (χ3n) is 4.19. The normalized spacial score (nSPS) is 11.6. The summed E-state index contributed by atoms with van der Waals surface area (Å²) in [5.74, 6) is 0. The van der Waals surface area contributed by atoms with E-state index in [1.165, 1.54) is 11.1 Å². The summed E-state index contributed by atoms with van der Waals surface area (Å²) in [4.78, 5) is 8.98. The van der Waals surface area contributed by atoms with Crippen LogP contribution in [0.3, 0.4) is 0 Å². The molecule has 0 aromatic carbocycles. The summed E-state index contributed by atoms with van der Waals surface area (Å²) in [6.07, 6.45) is 5.21. The van der Waals surface area contributed by atoms with Gasteiger partial charge in [0.2, 0.25) is 0 Å². The Morgan fingerprint density at radius 1 is 0.857 bits per heavy atom. The van der Waals surface area contributed by atoms with E-state index in [0.717, 1.165) is 24.2 Å². The Labute approximate surface area is 126 Å². The minimum atomic E-state index is -0.196. The first-order valence-electron chi connectivity index (χ1n) is 7.31. The molecule has 4 heteroatoms. The van der Waals surface area contributed by atoms with E-state index in [4.69, 9.17) is 11.5 Å². The molecular weight excluding hydrogens is 260 g/mol. The quantitative estimate of drug-likeness (QED) is 0.847. The van der Waals surface area contributed by atoms with Crippen LogP contribution in [0.2, 0.25) is 0 Å². The number of hydrogen-bond acceptors (Lipinski definition) is 4. The lowest BCUT2D eigenvalue weighted by molar-refractivity contribution is 0.297. The number of pyridine rings is 2. The minimum absolute atomic E-state index is 0.196. The fraction of sp³-hybridized carbons (Fsp3) is 0.412. The molecule has 0 saturated heterocycles. The lowest BCUT2D eigenvalue weighted by atomic mass is 9.77. The van der Waals surface area contributed by atoms with Crippen LogP contribution in [-0.2, 0) is 12.8 Å². The van der Waals surface area contributed by atoms with Crippen molar-refractivity contribution in [2.75, 3.05) is 13.1 Å². The Balaban J connectivity index is 2.28. The van der Waals surface area contributed by atoms with Crippen molar-refractivity contribution in [3.05, 3.63) is 59.2 Å². The highest BCUT2D eigenvalue weighted by molar-refractivity contribution is 5.23. The van der Waals surface area contributed by atoms with Crippen LogP contribution in [0.4, 0.5) is 0 Å². The molecule has 2 rings (SSSR count). The lowest BCUT2D eigenvalue weighted by Crippen LogP contribution is -2.42. The van der Waals surface area contributed by atoms with Crippen LogP contribution in [0.5, 0.6) is 0 Å². The van der Waals surface area contributed by atoms with Crippen LogP contribution in [-0.4, -0.2) is 23.1 Å². The van der Waals surface area contributed by atoms with E-state index in [1.807, 2.05) is 24.5 Å². The summed E-state index contributed by atoms with van der Waals surface area (Å²) >= 11 is 0. The van der Waals surface area contributed by atoms with Gasteiger partial charge in [-0.25, -0.2) is 0 Å². The fourth-order valence-corrected chi connectivity index (χ4v) is 2.55. The van der Waals surface area contributed by atoms with Crippen molar-refractivity contribution in [1.82, 2.24) is 9.97 Å². The summed E-state index contributed by atoms with van der Waals surface area (Å²) in [7, 11) is 0. The number of rotatable bonds is 6. The van der Waals surface area contributed by atoms with Gasteiger partial charge in [-0.15, -0.1) is 0 Å². The van der Waals surface area contributed by atoms with Gasteiger partial charge in [-0.3, -0.25) is 9.97 Å². The Bertz CT molecular complexity index is 541. The van der Waals surface area contributed by atoms with E-state index in [1.54, 1.807) is 0 Å². The molecule has 0 spiro atoms. The average molecular weight is 284 g/mol. The van der Waals surface area contributed by atoms with E-state index in [2.05, 4.69) is 35.9 Å².